The Kier molecular flexibility index (Phi) is 4.08. The van der Waals surface area contributed by atoms with Gasteiger partial charge in [-0.2, -0.15) is 0 Å². The number of rotatable bonds is 5. The van der Waals surface area contributed by atoms with Crippen molar-refractivity contribution < 1.29 is 14.7 Å². The normalized spacial score (nSPS) is 16.3. The van der Waals surface area contributed by atoms with E-state index in [0.29, 0.717) is 6.54 Å². The Morgan fingerprint density at radius 1 is 1.24 bits per heavy atom. The van der Waals surface area contributed by atoms with E-state index in [1.807, 2.05) is 12.1 Å². The molecule has 4 heteroatoms. The molecule has 1 aromatic carbocycles. The van der Waals surface area contributed by atoms with Crippen molar-refractivity contribution in [2.45, 2.75) is 40.0 Å². The first-order chi connectivity index (χ1) is 9.72. The number of hydrogen-bond donors (Lipinski definition) is 2. The fourth-order valence-corrected chi connectivity index (χ4v) is 2.86. The van der Waals surface area contributed by atoms with Gasteiger partial charge >= 0.3 is 5.97 Å². The summed E-state index contributed by atoms with van der Waals surface area (Å²) in [6.07, 6.45) is 1.91. The van der Waals surface area contributed by atoms with Gasteiger partial charge in [-0.15, -0.1) is 0 Å². The first kappa shape index (κ1) is 15.5. The lowest BCUT2D eigenvalue weighted by Crippen LogP contribution is -2.39. The number of carboxylic acid groups (broad SMARTS) is 1. The second-order valence-corrected chi connectivity index (χ2v) is 7.08. The number of benzene rings is 1. The third kappa shape index (κ3) is 3.63. The molecule has 1 amide bonds. The summed E-state index contributed by atoms with van der Waals surface area (Å²) >= 11 is 0. The summed E-state index contributed by atoms with van der Waals surface area (Å²) in [6, 6.07) is 8.35. The Morgan fingerprint density at radius 2 is 1.76 bits per heavy atom. The Balaban J connectivity index is 1.90. The summed E-state index contributed by atoms with van der Waals surface area (Å²) in [7, 11) is 0. The van der Waals surface area contributed by atoms with Gasteiger partial charge in [0.1, 0.15) is 0 Å². The van der Waals surface area contributed by atoms with E-state index in [1.54, 1.807) is 13.8 Å². The lowest BCUT2D eigenvalue weighted by atomic mass is 9.86. The number of amides is 1. The van der Waals surface area contributed by atoms with Crippen LogP contribution >= 0.6 is 0 Å². The first-order valence-electron chi connectivity index (χ1n) is 7.29. The fourth-order valence-electron chi connectivity index (χ4n) is 2.86. The quantitative estimate of drug-likeness (QED) is 0.874. The van der Waals surface area contributed by atoms with Crippen molar-refractivity contribution in [3.8, 4) is 0 Å². The van der Waals surface area contributed by atoms with Crippen molar-refractivity contribution in [1.29, 1.82) is 0 Å². The van der Waals surface area contributed by atoms with Crippen LogP contribution in [0.25, 0.3) is 0 Å². The second kappa shape index (κ2) is 5.51. The second-order valence-electron chi connectivity index (χ2n) is 7.08. The van der Waals surface area contributed by atoms with Crippen molar-refractivity contribution in [1.82, 2.24) is 5.32 Å². The molecule has 0 bridgehead atoms. The summed E-state index contributed by atoms with van der Waals surface area (Å²) in [4.78, 5) is 23.0. The number of carbonyl (C=O) groups is 2. The largest absolute Gasteiger partial charge is 0.481 e. The Bertz CT molecular complexity index is 538. The van der Waals surface area contributed by atoms with Crippen LogP contribution in [0.1, 0.15) is 38.3 Å². The molecule has 1 aliphatic carbocycles. The van der Waals surface area contributed by atoms with Gasteiger partial charge in [-0.25, -0.2) is 0 Å². The maximum Gasteiger partial charge on any atom is 0.309 e. The van der Waals surface area contributed by atoms with Crippen LogP contribution in [0, 0.1) is 10.8 Å². The molecule has 0 radical (unpaired) electrons. The number of nitrogens with one attached hydrogen (secondary N) is 1. The van der Waals surface area contributed by atoms with Crippen LogP contribution in [0.3, 0.4) is 0 Å². The summed E-state index contributed by atoms with van der Waals surface area (Å²) in [5.74, 6) is -1.14. The zero-order chi connectivity index (χ0) is 15.7. The van der Waals surface area contributed by atoms with E-state index >= 15 is 0 Å². The van der Waals surface area contributed by atoms with Gasteiger partial charge in [0.15, 0.2) is 0 Å². The highest BCUT2D eigenvalue weighted by Gasteiger charge is 2.34. The van der Waals surface area contributed by atoms with Crippen molar-refractivity contribution in [3.05, 3.63) is 35.4 Å². The molecule has 1 aromatic rings. The van der Waals surface area contributed by atoms with Gasteiger partial charge in [0, 0.05) is 13.0 Å². The first-order valence-corrected chi connectivity index (χ1v) is 7.29. The summed E-state index contributed by atoms with van der Waals surface area (Å²) in [5, 5.41) is 12.0. The van der Waals surface area contributed by atoms with Crippen molar-refractivity contribution in [2.24, 2.45) is 10.8 Å². The Hall–Kier alpha value is -1.84. The van der Waals surface area contributed by atoms with Crippen LogP contribution in [0.2, 0.25) is 0 Å². The highest BCUT2D eigenvalue weighted by atomic mass is 16.4. The zero-order valence-corrected chi connectivity index (χ0v) is 12.9. The number of aliphatic carboxylic acids is 1. The van der Waals surface area contributed by atoms with E-state index in [0.717, 1.165) is 12.8 Å². The van der Waals surface area contributed by atoms with Crippen LogP contribution in [0.4, 0.5) is 0 Å². The highest BCUT2D eigenvalue weighted by Crippen LogP contribution is 2.36. The molecule has 2 rings (SSSR count). The Labute approximate surface area is 125 Å². The average Bonchev–Trinajstić information content (AvgIpc) is 2.72. The van der Waals surface area contributed by atoms with Crippen LogP contribution < -0.4 is 5.32 Å². The molecule has 0 atom stereocenters. The van der Waals surface area contributed by atoms with Gasteiger partial charge in [-0.05, 0) is 43.2 Å². The minimum Gasteiger partial charge on any atom is -0.481 e. The minimum atomic E-state index is -1.02. The van der Waals surface area contributed by atoms with Gasteiger partial charge in [0.05, 0.1) is 5.41 Å². The van der Waals surface area contributed by atoms with Crippen LogP contribution in [-0.4, -0.2) is 23.5 Å². The SMILES string of the molecule is CC1(CNC(=O)CC(C)(C)C(=O)O)Cc2ccccc2C1. The van der Waals surface area contributed by atoms with Crippen LogP contribution in [0.5, 0.6) is 0 Å². The molecule has 114 valence electrons. The minimum absolute atomic E-state index is 0.00532. The van der Waals surface area contributed by atoms with E-state index in [2.05, 4.69) is 24.4 Å². The number of carbonyl (C=O) groups excluding carboxylic acids is 1. The van der Waals surface area contributed by atoms with Gasteiger partial charge in [0.25, 0.3) is 0 Å². The number of hydrogen-bond acceptors (Lipinski definition) is 2. The monoisotopic (exact) mass is 289 g/mol. The lowest BCUT2D eigenvalue weighted by Gasteiger charge is -2.25. The van der Waals surface area contributed by atoms with Crippen LogP contribution in [-0.2, 0) is 22.4 Å². The maximum absolute atomic E-state index is 12.0. The molecule has 0 saturated heterocycles. The fraction of sp³-hybridized carbons (Fsp3) is 0.529. The molecule has 0 unspecified atom stereocenters. The highest BCUT2D eigenvalue weighted by molar-refractivity contribution is 5.84. The lowest BCUT2D eigenvalue weighted by molar-refractivity contribution is -0.149. The summed E-state index contributed by atoms with van der Waals surface area (Å²) < 4.78 is 0. The summed E-state index contributed by atoms with van der Waals surface area (Å²) in [6.45, 7) is 5.88. The molecule has 0 heterocycles. The smallest absolute Gasteiger partial charge is 0.309 e. The molecule has 0 spiro atoms. The topological polar surface area (TPSA) is 66.4 Å². The molecule has 1 aliphatic rings. The third-order valence-electron chi connectivity index (χ3n) is 4.25. The van der Waals surface area contributed by atoms with Gasteiger partial charge in [0.2, 0.25) is 5.91 Å². The predicted molar refractivity (Wildman–Crippen MR) is 81.0 cm³/mol. The maximum atomic E-state index is 12.0. The van der Waals surface area contributed by atoms with E-state index in [4.69, 9.17) is 5.11 Å². The van der Waals surface area contributed by atoms with E-state index < -0.39 is 11.4 Å². The molecule has 0 aliphatic heterocycles. The molecule has 0 fully saturated rings. The van der Waals surface area contributed by atoms with Crippen molar-refractivity contribution in [2.75, 3.05) is 6.54 Å². The van der Waals surface area contributed by atoms with E-state index in [-0.39, 0.29) is 17.7 Å². The molecule has 2 N–H and O–H groups in total. The van der Waals surface area contributed by atoms with E-state index in [1.165, 1.54) is 11.1 Å². The third-order valence-corrected chi connectivity index (χ3v) is 4.25. The van der Waals surface area contributed by atoms with Gasteiger partial charge < -0.3 is 10.4 Å². The van der Waals surface area contributed by atoms with Gasteiger partial charge in [-0.3, -0.25) is 9.59 Å². The number of carboxylic acids is 1. The average molecular weight is 289 g/mol. The van der Waals surface area contributed by atoms with Crippen molar-refractivity contribution in [3.63, 3.8) is 0 Å². The molecule has 21 heavy (non-hydrogen) atoms. The van der Waals surface area contributed by atoms with Gasteiger partial charge in [-0.1, -0.05) is 31.2 Å². The molecular weight excluding hydrogens is 266 g/mol. The standard InChI is InChI=1S/C17H23NO3/c1-16(2,15(20)21)10-14(19)18-11-17(3)8-12-6-4-5-7-13(12)9-17/h4-7H,8-11H2,1-3H3,(H,18,19)(H,20,21). The summed E-state index contributed by atoms with van der Waals surface area (Å²) in [5.41, 5.74) is 1.69. The Morgan fingerprint density at radius 3 is 2.24 bits per heavy atom. The predicted octanol–water partition coefficient (Wildman–Crippen LogP) is 2.41. The molecule has 4 nitrogen and oxygen atoms in total. The van der Waals surface area contributed by atoms with Crippen molar-refractivity contribution >= 4 is 11.9 Å². The van der Waals surface area contributed by atoms with Crippen LogP contribution in [0.15, 0.2) is 24.3 Å². The molecular formula is C17H23NO3. The molecule has 0 saturated carbocycles. The van der Waals surface area contributed by atoms with E-state index in [9.17, 15) is 9.59 Å². The zero-order valence-electron chi connectivity index (χ0n) is 12.9. The number of fused-ring (bicyclic) bond motifs is 1. The molecule has 0 aromatic heterocycles.